The number of rotatable bonds is 1. The number of nitrogens with one attached hydrogen (secondary N) is 1. The lowest BCUT2D eigenvalue weighted by Gasteiger charge is -1.95. The van der Waals surface area contributed by atoms with Gasteiger partial charge in [0.15, 0.2) is 0 Å². The minimum absolute atomic E-state index is 0.385. The Labute approximate surface area is 85.3 Å². The molecule has 74 valence electrons. The van der Waals surface area contributed by atoms with E-state index in [0.717, 1.165) is 17.6 Å². The fraction of sp³-hybridized carbons (Fsp3) is 0.0909. The minimum atomic E-state index is -0.512. The van der Waals surface area contributed by atoms with Gasteiger partial charge in [0, 0.05) is 12.0 Å². The maximum Gasteiger partial charge on any atom is 0.434 e. The zero-order valence-corrected chi connectivity index (χ0v) is 7.86. The summed E-state index contributed by atoms with van der Waals surface area (Å²) in [7, 11) is 0. The van der Waals surface area contributed by atoms with Crippen LogP contribution in [0.1, 0.15) is 17.0 Å². The maximum absolute atomic E-state index is 10.8. The Balaban J connectivity index is 2.04. The van der Waals surface area contributed by atoms with Crippen molar-refractivity contribution in [2.24, 2.45) is 0 Å². The normalized spacial score (nSPS) is 13.7. The van der Waals surface area contributed by atoms with Gasteiger partial charge in [-0.15, -0.1) is 5.10 Å². The third-order valence-corrected chi connectivity index (χ3v) is 2.48. The number of fused-ring (bicyclic) bond motifs is 1. The molecular formula is C11H8N2O2. The molecule has 0 amide bonds. The van der Waals surface area contributed by atoms with Crippen LogP contribution in [0.25, 0.3) is 11.6 Å². The summed E-state index contributed by atoms with van der Waals surface area (Å²) in [4.78, 5) is 10.8. The summed E-state index contributed by atoms with van der Waals surface area (Å²) in [6.45, 7) is 0. The number of nitrogens with zero attached hydrogens (tertiary/aromatic N) is 1. The van der Waals surface area contributed by atoms with Crippen molar-refractivity contribution in [3.05, 3.63) is 51.8 Å². The van der Waals surface area contributed by atoms with Gasteiger partial charge in [0.1, 0.15) is 0 Å². The van der Waals surface area contributed by atoms with Crippen molar-refractivity contribution in [1.82, 2.24) is 10.2 Å². The van der Waals surface area contributed by atoms with Crippen LogP contribution in [0.5, 0.6) is 0 Å². The molecule has 1 aromatic heterocycles. The Morgan fingerprint density at radius 3 is 2.93 bits per heavy atom. The number of hydrogen-bond acceptors (Lipinski definition) is 3. The molecule has 1 heterocycles. The summed E-state index contributed by atoms with van der Waals surface area (Å²) in [5, 5.41) is 6.07. The Morgan fingerprint density at radius 2 is 2.20 bits per heavy atom. The average molecular weight is 200 g/mol. The topological polar surface area (TPSA) is 58.9 Å². The summed E-state index contributed by atoms with van der Waals surface area (Å²) in [6, 6.07) is 8.08. The molecule has 4 heteroatoms. The van der Waals surface area contributed by atoms with Gasteiger partial charge >= 0.3 is 5.76 Å². The molecule has 1 N–H and O–H groups in total. The van der Waals surface area contributed by atoms with Gasteiger partial charge < -0.3 is 4.42 Å². The number of benzene rings is 1. The lowest BCUT2D eigenvalue weighted by Crippen LogP contribution is -1.93. The Kier molecular flexibility index (Phi) is 1.62. The van der Waals surface area contributed by atoms with Gasteiger partial charge in [0.2, 0.25) is 5.89 Å². The van der Waals surface area contributed by atoms with Gasteiger partial charge in [0.05, 0.1) is 0 Å². The first-order valence-corrected chi connectivity index (χ1v) is 4.67. The summed E-state index contributed by atoms with van der Waals surface area (Å²) < 4.78 is 4.91. The highest BCUT2D eigenvalue weighted by Crippen LogP contribution is 2.29. The van der Waals surface area contributed by atoms with Crippen LogP contribution in [0.3, 0.4) is 0 Å². The standard InChI is InChI=1S/C11H8N2O2/c14-11-13-12-10(15-11)9-5-7-3-1-2-4-8(7)6-9/h1-5H,6H2,(H,13,14). The summed E-state index contributed by atoms with van der Waals surface area (Å²) in [6.07, 6.45) is 2.76. The van der Waals surface area contributed by atoms with E-state index in [0.29, 0.717) is 5.89 Å². The van der Waals surface area contributed by atoms with E-state index >= 15 is 0 Å². The van der Waals surface area contributed by atoms with Crippen LogP contribution in [0, 0.1) is 0 Å². The molecule has 1 aromatic carbocycles. The molecule has 1 aliphatic rings. The Bertz CT molecular complexity index is 592. The maximum atomic E-state index is 10.8. The van der Waals surface area contributed by atoms with Crippen LogP contribution < -0.4 is 5.76 Å². The average Bonchev–Trinajstić information content (AvgIpc) is 2.82. The van der Waals surface area contributed by atoms with Crippen LogP contribution in [0.2, 0.25) is 0 Å². The van der Waals surface area contributed by atoms with Gasteiger partial charge in [-0.3, -0.25) is 0 Å². The van der Waals surface area contributed by atoms with Crippen LogP contribution in [-0.4, -0.2) is 10.2 Å². The molecule has 0 saturated carbocycles. The highest BCUT2D eigenvalue weighted by molar-refractivity contribution is 5.85. The van der Waals surface area contributed by atoms with Gasteiger partial charge in [0.25, 0.3) is 0 Å². The van der Waals surface area contributed by atoms with Gasteiger partial charge in [-0.2, -0.15) is 0 Å². The van der Waals surface area contributed by atoms with Crippen molar-refractivity contribution in [2.75, 3.05) is 0 Å². The second-order valence-electron chi connectivity index (χ2n) is 3.46. The molecule has 4 nitrogen and oxygen atoms in total. The van der Waals surface area contributed by atoms with Crippen LogP contribution in [-0.2, 0) is 6.42 Å². The predicted octanol–water partition coefficient (Wildman–Crippen LogP) is 1.46. The highest BCUT2D eigenvalue weighted by Gasteiger charge is 2.17. The predicted molar refractivity (Wildman–Crippen MR) is 55.1 cm³/mol. The van der Waals surface area contributed by atoms with Gasteiger partial charge in [-0.25, -0.2) is 9.89 Å². The number of allylic oxidation sites excluding steroid dienone is 1. The van der Waals surface area contributed by atoms with Crippen LogP contribution >= 0.6 is 0 Å². The lowest BCUT2D eigenvalue weighted by atomic mass is 10.1. The number of H-pyrrole nitrogens is 1. The quantitative estimate of drug-likeness (QED) is 0.758. The molecule has 0 atom stereocenters. The minimum Gasteiger partial charge on any atom is -0.388 e. The third kappa shape index (κ3) is 1.30. The third-order valence-electron chi connectivity index (χ3n) is 2.48. The molecule has 0 radical (unpaired) electrons. The second kappa shape index (κ2) is 2.95. The van der Waals surface area contributed by atoms with E-state index < -0.39 is 5.76 Å². The van der Waals surface area contributed by atoms with E-state index in [1.807, 2.05) is 24.3 Å². The van der Waals surface area contributed by atoms with E-state index in [-0.39, 0.29) is 0 Å². The monoisotopic (exact) mass is 200 g/mol. The van der Waals surface area contributed by atoms with Crippen molar-refractivity contribution < 1.29 is 4.42 Å². The zero-order valence-electron chi connectivity index (χ0n) is 7.86. The van der Waals surface area contributed by atoms with Crippen molar-refractivity contribution in [3.63, 3.8) is 0 Å². The zero-order chi connectivity index (χ0) is 10.3. The number of aromatic amines is 1. The van der Waals surface area contributed by atoms with Crippen LogP contribution in [0.15, 0.2) is 33.5 Å². The molecule has 0 fully saturated rings. The molecule has 15 heavy (non-hydrogen) atoms. The molecule has 1 aliphatic carbocycles. The van der Waals surface area contributed by atoms with Gasteiger partial charge in [-0.05, 0) is 17.2 Å². The first-order chi connectivity index (χ1) is 7.33. The van der Waals surface area contributed by atoms with E-state index in [4.69, 9.17) is 4.42 Å². The van der Waals surface area contributed by atoms with E-state index in [9.17, 15) is 4.79 Å². The molecule has 2 aromatic rings. The SMILES string of the molecule is O=c1[nH]nc(C2=Cc3ccccc3C2)o1. The van der Waals surface area contributed by atoms with Gasteiger partial charge in [-0.1, -0.05) is 24.3 Å². The summed E-state index contributed by atoms with van der Waals surface area (Å²) in [5.41, 5.74) is 3.34. The number of hydrogen-bond donors (Lipinski definition) is 1. The lowest BCUT2D eigenvalue weighted by molar-refractivity contribution is 0.499. The first-order valence-electron chi connectivity index (χ1n) is 4.67. The Morgan fingerprint density at radius 1 is 1.33 bits per heavy atom. The fourth-order valence-electron chi connectivity index (χ4n) is 1.78. The van der Waals surface area contributed by atoms with Crippen molar-refractivity contribution >= 4 is 11.6 Å². The van der Waals surface area contributed by atoms with Crippen molar-refractivity contribution in [3.8, 4) is 0 Å². The molecule has 0 saturated heterocycles. The van der Waals surface area contributed by atoms with Crippen molar-refractivity contribution in [2.45, 2.75) is 6.42 Å². The largest absolute Gasteiger partial charge is 0.434 e. The molecule has 0 aliphatic heterocycles. The van der Waals surface area contributed by atoms with E-state index in [1.165, 1.54) is 5.56 Å². The van der Waals surface area contributed by atoms with E-state index in [1.54, 1.807) is 0 Å². The van der Waals surface area contributed by atoms with E-state index in [2.05, 4.69) is 16.3 Å². The molecule has 0 unspecified atom stereocenters. The molecular weight excluding hydrogens is 192 g/mol. The number of aromatic nitrogens is 2. The fourth-order valence-corrected chi connectivity index (χ4v) is 1.78. The summed E-state index contributed by atoms with van der Waals surface area (Å²) >= 11 is 0. The Hall–Kier alpha value is -2.10. The first kappa shape index (κ1) is 8.23. The highest BCUT2D eigenvalue weighted by atomic mass is 16.4. The molecule has 0 spiro atoms. The molecule has 3 rings (SSSR count). The van der Waals surface area contributed by atoms with Crippen molar-refractivity contribution in [1.29, 1.82) is 0 Å². The second-order valence-corrected chi connectivity index (χ2v) is 3.46. The van der Waals surface area contributed by atoms with Crippen LogP contribution in [0.4, 0.5) is 0 Å². The molecule has 0 bridgehead atoms. The summed E-state index contributed by atoms with van der Waals surface area (Å²) in [5.74, 6) is -0.127. The smallest absolute Gasteiger partial charge is 0.388 e.